The molecule has 1 aliphatic heterocycles. The van der Waals surface area contributed by atoms with Gasteiger partial charge in [0.15, 0.2) is 0 Å². The summed E-state index contributed by atoms with van der Waals surface area (Å²) in [5, 5.41) is 1.91. The van der Waals surface area contributed by atoms with Crippen molar-refractivity contribution in [3.05, 3.63) is 41.1 Å². The molecule has 0 saturated heterocycles. The number of hydrogen-bond donors (Lipinski definition) is 1. The number of rotatable bonds is 0. The van der Waals surface area contributed by atoms with E-state index in [-0.39, 0.29) is 0 Å². The van der Waals surface area contributed by atoms with E-state index < -0.39 is 0 Å². The molecule has 1 heterocycles. The molecule has 1 aliphatic carbocycles. The molecule has 2 aliphatic rings. The summed E-state index contributed by atoms with van der Waals surface area (Å²) in [6, 6.07) is 8.47. The highest BCUT2D eigenvalue weighted by molar-refractivity contribution is 5.61. The topological polar surface area (TPSA) is 29.3 Å². The largest absolute Gasteiger partial charge is 0.284 e. The molecule has 0 aromatic heterocycles. The van der Waals surface area contributed by atoms with Crippen LogP contribution < -0.4 is 10.9 Å². The zero-order valence-electron chi connectivity index (χ0n) is 8.87. The lowest BCUT2D eigenvalue weighted by Crippen LogP contribution is -2.35. The number of hydrazine groups is 1. The zero-order chi connectivity index (χ0) is 10.3. The third-order valence-electron chi connectivity index (χ3n) is 3.50. The Balaban J connectivity index is 2.07. The normalized spacial score (nSPS) is 19.9. The Labute approximate surface area is 90.4 Å². The van der Waals surface area contributed by atoms with Gasteiger partial charge in [0.1, 0.15) is 0 Å². The van der Waals surface area contributed by atoms with Crippen molar-refractivity contribution in [2.75, 3.05) is 5.01 Å². The second-order valence-corrected chi connectivity index (χ2v) is 4.43. The van der Waals surface area contributed by atoms with E-state index in [9.17, 15) is 0 Å². The molecule has 0 amide bonds. The fourth-order valence-corrected chi connectivity index (χ4v) is 2.70. The summed E-state index contributed by atoms with van der Waals surface area (Å²) in [5.41, 5.74) is 5.50. The SMILES string of the molecule is NN1C2=C(CCCC2)Cc2ccccc21. The predicted molar refractivity (Wildman–Crippen MR) is 62.3 cm³/mol. The van der Waals surface area contributed by atoms with E-state index in [1.165, 1.54) is 36.2 Å². The molecule has 0 atom stereocenters. The first-order valence-corrected chi connectivity index (χ1v) is 5.70. The zero-order valence-corrected chi connectivity index (χ0v) is 8.87. The van der Waals surface area contributed by atoms with Gasteiger partial charge in [0, 0.05) is 5.70 Å². The van der Waals surface area contributed by atoms with E-state index in [1.54, 1.807) is 5.57 Å². The van der Waals surface area contributed by atoms with Crippen LogP contribution in [0.5, 0.6) is 0 Å². The molecule has 0 saturated carbocycles. The molecule has 78 valence electrons. The van der Waals surface area contributed by atoms with Gasteiger partial charge in [-0.25, -0.2) is 5.84 Å². The van der Waals surface area contributed by atoms with Crippen molar-refractivity contribution in [2.24, 2.45) is 5.84 Å². The molecule has 1 aromatic carbocycles. The van der Waals surface area contributed by atoms with Crippen LogP contribution in [-0.2, 0) is 6.42 Å². The molecule has 1 aromatic rings. The lowest BCUT2D eigenvalue weighted by atomic mass is 9.87. The maximum atomic E-state index is 6.18. The highest BCUT2D eigenvalue weighted by atomic mass is 15.4. The fraction of sp³-hybridized carbons (Fsp3) is 0.385. The van der Waals surface area contributed by atoms with Crippen LogP contribution in [0.25, 0.3) is 0 Å². The van der Waals surface area contributed by atoms with E-state index in [1.807, 2.05) is 5.01 Å². The predicted octanol–water partition coefficient (Wildman–Crippen LogP) is 2.75. The molecular weight excluding hydrogens is 184 g/mol. The number of hydrogen-bond acceptors (Lipinski definition) is 2. The van der Waals surface area contributed by atoms with Gasteiger partial charge in [-0.2, -0.15) is 0 Å². The van der Waals surface area contributed by atoms with Crippen LogP contribution in [0.3, 0.4) is 0 Å². The Bertz CT molecular complexity index is 420. The van der Waals surface area contributed by atoms with Gasteiger partial charge in [0.2, 0.25) is 0 Å². The molecule has 3 rings (SSSR count). The Morgan fingerprint density at radius 1 is 1.07 bits per heavy atom. The lowest BCUT2D eigenvalue weighted by Gasteiger charge is -2.34. The minimum atomic E-state index is 1.11. The monoisotopic (exact) mass is 200 g/mol. The van der Waals surface area contributed by atoms with Crippen LogP contribution in [-0.4, -0.2) is 0 Å². The van der Waals surface area contributed by atoms with Gasteiger partial charge >= 0.3 is 0 Å². The molecule has 0 fully saturated rings. The molecule has 0 radical (unpaired) electrons. The fourth-order valence-electron chi connectivity index (χ4n) is 2.70. The first-order valence-electron chi connectivity index (χ1n) is 5.70. The van der Waals surface area contributed by atoms with Crippen molar-refractivity contribution >= 4 is 5.69 Å². The molecular formula is C13H16N2. The third-order valence-corrected chi connectivity index (χ3v) is 3.50. The van der Waals surface area contributed by atoms with Crippen molar-refractivity contribution in [3.8, 4) is 0 Å². The minimum Gasteiger partial charge on any atom is -0.284 e. The second kappa shape index (κ2) is 3.38. The number of fused-ring (bicyclic) bond motifs is 1. The van der Waals surface area contributed by atoms with Gasteiger partial charge in [-0.1, -0.05) is 18.2 Å². The maximum Gasteiger partial charge on any atom is 0.0606 e. The molecule has 2 N–H and O–H groups in total. The Kier molecular flexibility index (Phi) is 2.03. The van der Waals surface area contributed by atoms with Crippen molar-refractivity contribution in [2.45, 2.75) is 32.1 Å². The van der Waals surface area contributed by atoms with Gasteiger partial charge < -0.3 is 0 Å². The van der Waals surface area contributed by atoms with Crippen LogP contribution >= 0.6 is 0 Å². The Morgan fingerprint density at radius 3 is 2.80 bits per heavy atom. The number of para-hydroxylation sites is 1. The maximum absolute atomic E-state index is 6.18. The Morgan fingerprint density at radius 2 is 1.87 bits per heavy atom. The van der Waals surface area contributed by atoms with Crippen LogP contribution in [0.4, 0.5) is 5.69 Å². The summed E-state index contributed by atoms with van der Waals surface area (Å²) in [6.45, 7) is 0. The molecule has 0 unspecified atom stereocenters. The second-order valence-electron chi connectivity index (χ2n) is 4.43. The lowest BCUT2D eigenvalue weighted by molar-refractivity contribution is 0.628. The highest BCUT2D eigenvalue weighted by Crippen LogP contribution is 2.37. The first kappa shape index (κ1) is 8.98. The van der Waals surface area contributed by atoms with Gasteiger partial charge in [-0.05, 0) is 49.3 Å². The third kappa shape index (κ3) is 1.37. The average molecular weight is 200 g/mol. The van der Waals surface area contributed by atoms with Crippen LogP contribution in [0.1, 0.15) is 31.2 Å². The summed E-state index contributed by atoms with van der Waals surface area (Å²) in [7, 11) is 0. The van der Waals surface area contributed by atoms with Crippen molar-refractivity contribution in [1.82, 2.24) is 0 Å². The van der Waals surface area contributed by atoms with E-state index >= 15 is 0 Å². The van der Waals surface area contributed by atoms with Gasteiger partial charge in [-0.3, -0.25) is 5.01 Å². The van der Waals surface area contributed by atoms with Crippen molar-refractivity contribution in [1.29, 1.82) is 0 Å². The van der Waals surface area contributed by atoms with E-state index in [2.05, 4.69) is 24.3 Å². The summed E-state index contributed by atoms with van der Waals surface area (Å²) in [4.78, 5) is 0. The molecule has 2 nitrogen and oxygen atoms in total. The molecule has 15 heavy (non-hydrogen) atoms. The van der Waals surface area contributed by atoms with Gasteiger partial charge in [-0.15, -0.1) is 0 Å². The number of benzene rings is 1. The molecule has 0 spiro atoms. The number of allylic oxidation sites excluding steroid dienone is 2. The first-order chi connectivity index (χ1) is 7.36. The van der Waals surface area contributed by atoms with E-state index in [4.69, 9.17) is 5.84 Å². The molecule has 0 bridgehead atoms. The quantitative estimate of drug-likeness (QED) is 0.652. The summed E-state index contributed by atoms with van der Waals surface area (Å²) in [5.74, 6) is 6.18. The average Bonchev–Trinajstić information content (AvgIpc) is 2.30. The number of nitrogens with zero attached hydrogens (tertiary/aromatic N) is 1. The van der Waals surface area contributed by atoms with Crippen molar-refractivity contribution < 1.29 is 0 Å². The smallest absolute Gasteiger partial charge is 0.0606 e. The number of anilines is 1. The van der Waals surface area contributed by atoms with Crippen molar-refractivity contribution in [3.63, 3.8) is 0 Å². The molecule has 2 heteroatoms. The number of nitrogens with two attached hydrogens (primary N) is 1. The van der Waals surface area contributed by atoms with Crippen LogP contribution in [0.2, 0.25) is 0 Å². The van der Waals surface area contributed by atoms with Gasteiger partial charge in [0.05, 0.1) is 5.69 Å². The standard InChI is InChI=1S/C13H16N2/c14-15-12-7-3-1-5-10(12)9-11-6-2-4-8-13(11)15/h1,3,5,7H,2,4,6,8-9,14H2. The van der Waals surface area contributed by atoms with Gasteiger partial charge in [0.25, 0.3) is 0 Å². The highest BCUT2D eigenvalue weighted by Gasteiger charge is 2.24. The van der Waals surface area contributed by atoms with Crippen LogP contribution in [0, 0.1) is 0 Å². The Hall–Kier alpha value is -1.28. The summed E-state index contributed by atoms with van der Waals surface area (Å²) < 4.78 is 0. The minimum absolute atomic E-state index is 1.11. The van der Waals surface area contributed by atoms with Crippen LogP contribution in [0.15, 0.2) is 35.5 Å². The summed E-state index contributed by atoms with van der Waals surface area (Å²) in [6.07, 6.45) is 6.11. The van der Waals surface area contributed by atoms with E-state index in [0.717, 1.165) is 12.8 Å². The summed E-state index contributed by atoms with van der Waals surface area (Å²) >= 11 is 0. The van der Waals surface area contributed by atoms with E-state index in [0.29, 0.717) is 0 Å².